The summed E-state index contributed by atoms with van der Waals surface area (Å²) >= 11 is 0. The first-order chi connectivity index (χ1) is 9.16. The van der Waals surface area contributed by atoms with Crippen molar-refractivity contribution in [3.05, 3.63) is 35.9 Å². The average Bonchev–Trinajstić information content (AvgIpc) is 2.41. The number of hydrogen-bond acceptors (Lipinski definition) is 2. The Morgan fingerprint density at radius 2 is 2.16 bits per heavy atom. The van der Waals surface area contributed by atoms with Crippen molar-refractivity contribution in [2.24, 2.45) is 5.92 Å². The van der Waals surface area contributed by atoms with Crippen molar-refractivity contribution in [2.45, 2.75) is 25.8 Å². The van der Waals surface area contributed by atoms with Crippen molar-refractivity contribution in [3.63, 3.8) is 0 Å². The lowest BCUT2D eigenvalue weighted by molar-refractivity contribution is -0.145. The Balaban J connectivity index is 1.98. The molecule has 1 aromatic rings. The lowest BCUT2D eigenvalue weighted by atomic mass is 9.92. The van der Waals surface area contributed by atoms with Gasteiger partial charge in [0.05, 0.1) is 6.54 Å². The third-order valence-electron chi connectivity index (χ3n) is 3.55. The molecule has 1 N–H and O–H groups in total. The van der Waals surface area contributed by atoms with Gasteiger partial charge in [0, 0.05) is 12.1 Å². The molecule has 1 aliphatic heterocycles. The van der Waals surface area contributed by atoms with Gasteiger partial charge >= 0.3 is 5.97 Å². The van der Waals surface area contributed by atoms with Crippen LogP contribution in [0.15, 0.2) is 30.3 Å². The van der Waals surface area contributed by atoms with Gasteiger partial charge in [-0.1, -0.05) is 37.0 Å². The first-order valence-electron chi connectivity index (χ1n) is 6.67. The Morgan fingerprint density at radius 3 is 2.84 bits per heavy atom. The number of hydrogen-bond donors (Lipinski definition) is 1. The Bertz CT molecular complexity index is 486. The number of nitrogens with zero attached hydrogens (tertiary/aromatic N) is 1. The molecular formula is C16H19NO2. The predicted molar refractivity (Wildman–Crippen MR) is 74.7 cm³/mol. The summed E-state index contributed by atoms with van der Waals surface area (Å²) in [5.41, 5.74) is 0.972. The van der Waals surface area contributed by atoms with Crippen LogP contribution in [-0.4, -0.2) is 35.1 Å². The van der Waals surface area contributed by atoms with E-state index in [1.54, 1.807) is 0 Å². The quantitative estimate of drug-likeness (QED) is 0.826. The maximum atomic E-state index is 11.3. The summed E-state index contributed by atoms with van der Waals surface area (Å²) in [6, 6.07) is 9.39. The zero-order valence-corrected chi connectivity index (χ0v) is 11.2. The van der Waals surface area contributed by atoms with Crippen LogP contribution in [0.3, 0.4) is 0 Å². The van der Waals surface area contributed by atoms with E-state index in [2.05, 4.69) is 18.8 Å². The van der Waals surface area contributed by atoms with Gasteiger partial charge in [-0.2, -0.15) is 0 Å². The van der Waals surface area contributed by atoms with Gasteiger partial charge in [-0.3, -0.25) is 9.69 Å². The van der Waals surface area contributed by atoms with Crippen LogP contribution in [0.1, 0.15) is 25.3 Å². The summed E-state index contributed by atoms with van der Waals surface area (Å²) in [5, 5.41) is 9.25. The first kappa shape index (κ1) is 13.6. The van der Waals surface area contributed by atoms with E-state index in [9.17, 15) is 9.90 Å². The molecule has 1 fully saturated rings. The van der Waals surface area contributed by atoms with Crippen LogP contribution < -0.4 is 0 Å². The molecule has 1 aliphatic rings. The highest BCUT2D eigenvalue weighted by molar-refractivity contribution is 5.73. The normalized spacial score (nSPS) is 23.4. The maximum Gasteiger partial charge on any atom is 0.320 e. The van der Waals surface area contributed by atoms with Gasteiger partial charge in [0.15, 0.2) is 0 Å². The minimum atomic E-state index is -0.729. The smallest absolute Gasteiger partial charge is 0.320 e. The van der Waals surface area contributed by atoms with Gasteiger partial charge < -0.3 is 5.11 Å². The Kier molecular flexibility index (Phi) is 4.59. The lowest BCUT2D eigenvalue weighted by Gasteiger charge is -2.34. The largest absolute Gasteiger partial charge is 0.480 e. The molecule has 0 spiro atoms. The molecule has 0 bridgehead atoms. The highest BCUT2D eigenvalue weighted by Gasteiger charge is 2.30. The molecule has 2 rings (SSSR count). The highest BCUT2D eigenvalue weighted by Crippen LogP contribution is 2.22. The summed E-state index contributed by atoms with van der Waals surface area (Å²) in [4.78, 5) is 13.2. The standard InChI is InChI=1S/C16H19NO2/c1-13-9-11-17(15(12-13)16(18)19)10-5-8-14-6-3-2-4-7-14/h2-4,6-7,13,15H,9-12H2,1H3,(H,18,19). The zero-order chi connectivity index (χ0) is 13.7. The minimum Gasteiger partial charge on any atom is -0.480 e. The predicted octanol–water partition coefficient (Wildman–Crippen LogP) is 2.22. The summed E-state index contributed by atoms with van der Waals surface area (Å²) in [5.74, 6) is 5.92. The van der Waals surface area contributed by atoms with E-state index >= 15 is 0 Å². The summed E-state index contributed by atoms with van der Waals surface area (Å²) in [7, 11) is 0. The SMILES string of the molecule is CC1CCN(CC#Cc2ccccc2)C(C(=O)O)C1. The monoisotopic (exact) mass is 257 g/mol. The van der Waals surface area contributed by atoms with Crippen LogP contribution in [0.2, 0.25) is 0 Å². The Labute approximate surface area is 114 Å². The molecule has 0 saturated carbocycles. The van der Waals surface area contributed by atoms with Crippen molar-refractivity contribution < 1.29 is 9.90 Å². The maximum absolute atomic E-state index is 11.3. The summed E-state index contributed by atoms with van der Waals surface area (Å²) in [6.07, 6.45) is 1.78. The fraction of sp³-hybridized carbons (Fsp3) is 0.438. The van der Waals surface area contributed by atoms with Crippen LogP contribution in [0, 0.1) is 17.8 Å². The second kappa shape index (κ2) is 6.40. The van der Waals surface area contributed by atoms with E-state index in [1.165, 1.54) is 0 Å². The number of piperidine rings is 1. The van der Waals surface area contributed by atoms with Crippen molar-refractivity contribution >= 4 is 5.97 Å². The topological polar surface area (TPSA) is 40.5 Å². The molecular weight excluding hydrogens is 238 g/mol. The molecule has 2 atom stereocenters. The van der Waals surface area contributed by atoms with Crippen LogP contribution in [0.5, 0.6) is 0 Å². The number of carbonyl (C=O) groups is 1. The number of aliphatic carboxylic acids is 1. The Hall–Kier alpha value is -1.79. The lowest BCUT2D eigenvalue weighted by Crippen LogP contribution is -2.46. The van der Waals surface area contributed by atoms with Crippen LogP contribution in [0.4, 0.5) is 0 Å². The molecule has 1 saturated heterocycles. The van der Waals surface area contributed by atoms with E-state index in [4.69, 9.17) is 0 Å². The van der Waals surface area contributed by atoms with Crippen molar-refractivity contribution in [3.8, 4) is 11.8 Å². The molecule has 0 amide bonds. The van der Waals surface area contributed by atoms with Crippen molar-refractivity contribution in [1.82, 2.24) is 4.90 Å². The molecule has 1 aromatic carbocycles. The number of benzene rings is 1. The third-order valence-corrected chi connectivity index (χ3v) is 3.55. The van der Waals surface area contributed by atoms with E-state index in [0.717, 1.165) is 24.9 Å². The van der Waals surface area contributed by atoms with Crippen LogP contribution >= 0.6 is 0 Å². The number of rotatable bonds is 2. The number of likely N-dealkylation sites (tertiary alicyclic amines) is 1. The van der Waals surface area contributed by atoms with Crippen LogP contribution in [-0.2, 0) is 4.79 Å². The Morgan fingerprint density at radius 1 is 1.42 bits per heavy atom. The van der Waals surface area contributed by atoms with Crippen molar-refractivity contribution in [1.29, 1.82) is 0 Å². The molecule has 3 nitrogen and oxygen atoms in total. The van der Waals surface area contributed by atoms with Gasteiger partial charge in [-0.25, -0.2) is 0 Å². The van der Waals surface area contributed by atoms with Gasteiger partial charge in [0.25, 0.3) is 0 Å². The van der Waals surface area contributed by atoms with Crippen LogP contribution in [0.25, 0.3) is 0 Å². The fourth-order valence-electron chi connectivity index (χ4n) is 2.40. The molecule has 100 valence electrons. The third kappa shape index (κ3) is 3.84. The van der Waals surface area contributed by atoms with Gasteiger partial charge in [0.1, 0.15) is 6.04 Å². The van der Waals surface area contributed by atoms with Gasteiger partial charge in [-0.05, 0) is 30.9 Å². The minimum absolute atomic E-state index is 0.381. The second-order valence-corrected chi connectivity index (χ2v) is 5.12. The van der Waals surface area contributed by atoms with Gasteiger partial charge in [-0.15, -0.1) is 0 Å². The zero-order valence-electron chi connectivity index (χ0n) is 11.2. The average molecular weight is 257 g/mol. The molecule has 0 radical (unpaired) electrons. The van der Waals surface area contributed by atoms with Gasteiger partial charge in [0.2, 0.25) is 0 Å². The first-order valence-corrected chi connectivity index (χ1v) is 6.67. The highest BCUT2D eigenvalue weighted by atomic mass is 16.4. The van der Waals surface area contributed by atoms with E-state index < -0.39 is 5.97 Å². The van der Waals surface area contributed by atoms with E-state index in [-0.39, 0.29) is 6.04 Å². The number of carboxylic acid groups (broad SMARTS) is 1. The molecule has 3 heteroatoms. The summed E-state index contributed by atoms with van der Waals surface area (Å²) in [6.45, 7) is 3.46. The second-order valence-electron chi connectivity index (χ2n) is 5.12. The number of carboxylic acids is 1. The van der Waals surface area contributed by atoms with E-state index in [1.807, 2.05) is 35.2 Å². The molecule has 0 aromatic heterocycles. The molecule has 2 unspecified atom stereocenters. The molecule has 0 aliphatic carbocycles. The molecule has 1 heterocycles. The molecule has 19 heavy (non-hydrogen) atoms. The summed E-state index contributed by atoms with van der Waals surface area (Å²) < 4.78 is 0. The van der Waals surface area contributed by atoms with E-state index in [0.29, 0.717) is 12.5 Å². The fourth-order valence-corrected chi connectivity index (χ4v) is 2.40. The van der Waals surface area contributed by atoms with Crippen molar-refractivity contribution in [2.75, 3.05) is 13.1 Å².